The van der Waals surface area contributed by atoms with Crippen LogP contribution < -0.4 is 4.74 Å². The van der Waals surface area contributed by atoms with E-state index in [1.807, 2.05) is 30.3 Å². The lowest BCUT2D eigenvalue weighted by Gasteiger charge is -2.15. The summed E-state index contributed by atoms with van der Waals surface area (Å²) in [6.45, 7) is 2.09. The third kappa shape index (κ3) is 7.89. The number of unbranched alkanes of at least 4 members (excludes halogenated alkanes) is 6. The Hall–Kier alpha value is -1.02. The van der Waals surface area contributed by atoms with Crippen LogP contribution in [0.2, 0.25) is 0 Å². The summed E-state index contributed by atoms with van der Waals surface area (Å²) >= 11 is 0. The molecule has 1 aromatic carbocycles. The Kier molecular flexibility index (Phi) is 9.17. The van der Waals surface area contributed by atoms with Crippen molar-refractivity contribution < 1.29 is 9.84 Å². The van der Waals surface area contributed by atoms with E-state index in [1.165, 1.54) is 38.5 Å². The van der Waals surface area contributed by atoms with E-state index in [-0.39, 0.29) is 12.7 Å². The van der Waals surface area contributed by atoms with Crippen LogP contribution >= 0.6 is 0 Å². The third-order valence-electron chi connectivity index (χ3n) is 3.36. The van der Waals surface area contributed by atoms with Gasteiger partial charge in [0.15, 0.2) is 0 Å². The van der Waals surface area contributed by atoms with Gasteiger partial charge >= 0.3 is 0 Å². The molecule has 2 heteroatoms. The van der Waals surface area contributed by atoms with Crippen LogP contribution in [0, 0.1) is 0 Å². The van der Waals surface area contributed by atoms with E-state index in [2.05, 4.69) is 6.92 Å². The van der Waals surface area contributed by atoms with Crippen molar-refractivity contribution in [1.82, 2.24) is 0 Å². The van der Waals surface area contributed by atoms with E-state index >= 15 is 0 Å². The molecule has 0 amide bonds. The van der Waals surface area contributed by atoms with Crippen LogP contribution in [-0.2, 0) is 5.11 Å². The summed E-state index contributed by atoms with van der Waals surface area (Å²) in [7, 11) is 0. The molecule has 107 valence electrons. The SMILES string of the molecule is CCCCCCCCCC(C[O])Oc1ccccc1. The van der Waals surface area contributed by atoms with Gasteiger partial charge in [0.25, 0.3) is 0 Å². The molecule has 0 saturated carbocycles. The molecule has 0 N–H and O–H groups in total. The molecule has 19 heavy (non-hydrogen) atoms. The Bertz CT molecular complexity index is 297. The molecule has 0 aliphatic rings. The number of hydrogen-bond acceptors (Lipinski definition) is 1. The summed E-state index contributed by atoms with van der Waals surface area (Å²) in [5.74, 6) is 0.811. The van der Waals surface area contributed by atoms with Crippen LogP contribution in [0.15, 0.2) is 30.3 Å². The fourth-order valence-corrected chi connectivity index (χ4v) is 2.20. The topological polar surface area (TPSA) is 29.1 Å². The van der Waals surface area contributed by atoms with E-state index in [1.54, 1.807) is 0 Å². The Morgan fingerprint density at radius 2 is 1.58 bits per heavy atom. The van der Waals surface area contributed by atoms with Gasteiger partial charge < -0.3 is 4.74 Å². The number of benzene rings is 1. The predicted molar refractivity (Wildman–Crippen MR) is 79.0 cm³/mol. The van der Waals surface area contributed by atoms with Crippen molar-refractivity contribution in [3.8, 4) is 5.75 Å². The van der Waals surface area contributed by atoms with Crippen molar-refractivity contribution in [3.63, 3.8) is 0 Å². The summed E-state index contributed by atoms with van der Waals surface area (Å²) in [4.78, 5) is 0. The van der Waals surface area contributed by atoms with Crippen molar-refractivity contribution in [2.45, 2.75) is 64.4 Å². The molecule has 0 saturated heterocycles. The monoisotopic (exact) mass is 263 g/mol. The van der Waals surface area contributed by atoms with Crippen molar-refractivity contribution in [2.24, 2.45) is 0 Å². The highest BCUT2D eigenvalue weighted by atomic mass is 16.5. The second-order valence-electron chi connectivity index (χ2n) is 5.13. The van der Waals surface area contributed by atoms with Gasteiger partial charge in [-0.1, -0.05) is 63.6 Å². The number of para-hydroxylation sites is 1. The smallest absolute Gasteiger partial charge is 0.125 e. The lowest BCUT2D eigenvalue weighted by atomic mass is 10.1. The van der Waals surface area contributed by atoms with Gasteiger partial charge in [0.1, 0.15) is 18.5 Å². The maximum Gasteiger partial charge on any atom is 0.125 e. The molecule has 1 unspecified atom stereocenters. The molecule has 2 nitrogen and oxygen atoms in total. The standard InChI is InChI=1S/C17H27O2/c1-2-3-4-5-6-7-9-14-17(15-18)19-16-12-10-8-11-13-16/h8,10-13,17H,2-7,9,14-15H2,1H3. The van der Waals surface area contributed by atoms with Gasteiger partial charge in [-0.3, -0.25) is 0 Å². The second kappa shape index (κ2) is 10.9. The van der Waals surface area contributed by atoms with Crippen LogP contribution in [0.5, 0.6) is 5.75 Å². The quantitative estimate of drug-likeness (QED) is 0.516. The molecule has 0 spiro atoms. The summed E-state index contributed by atoms with van der Waals surface area (Å²) in [6.07, 6.45) is 9.65. The van der Waals surface area contributed by atoms with Gasteiger partial charge in [0.05, 0.1) is 0 Å². The normalized spacial score (nSPS) is 12.3. The minimum absolute atomic E-state index is 0.148. The lowest BCUT2D eigenvalue weighted by Crippen LogP contribution is -2.20. The van der Waals surface area contributed by atoms with Gasteiger partial charge in [-0.2, -0.15) is 0 Å². The Morgan fingerprint density at radius 1 is 0.947 bits per heavy atom. The van der Waals surface area contributed by atoms with Crippen molar-refractivity contribution in [1.29, 1.82) is 0 Å². The highest BCUT2D eigenvalue weighted by Gasteiger charge is 2.09. The number of rotatable bonds is 11. The van der Waals surface area contributed by atoms with Crippen molar-refractivity contribution >= 4 is 0 Å². The number of hydrogen-bond donors (Lipinski definition) is 0. The van der Waals surface area contributed by atoms with Crippen LogP contribution in [0.3, 0.4) is 0 Å². The summed E-state index contributed by atoms with van der Waals surface area (Å²) in [6, 6.07) is 9.64. The highest BCUT2D eigenvalue weighted by molar-refractivity contribution is 5.21. The fraction of sp³-hybridized carbons (Fsp3) is 0.647. The van der Waals surface area contributed by atoms with E-state index in [4.69, 9.17) is 4.74 Å². The minimum Gasteiger partial charge on any atom is -0.488 e. The zero-order valence-corrected chi connectivity index (χ0v) is 12.1. The predicted octanol–water partition coefficient (Wildman–Crippen LogP) is 5.01. The maximum atomic E-state index is 11.1. The molecule has 1 radical (unpaired) electrons. The molecule has 0 bridgehead atoms. The van der Waals surface area contributed by atoms with E-state index in [0.717, 1.165) is 18.6 Å². The third-order valence-corrected chi connectivity index (χ3v) is 3.36. The Labute approximate surface area is 117 Å². The molecule has 1 atom stereocenters. The second-order valence-corrected chi connectivity index (χ2v) is 5.13. The summed E-state index contributed by atoms with van der Waals surface area (Å²) in [5.41, 5.74) is 0. The first kappa shape index (κ1) is 16.0. The first-order valence-electron chi connectivity index (χ1n) is 7.66. The Morgan fingerprint density at radius 3 is 2.21 bits per heavy atom. The molecule has 1 rings (SSSR count). The van der Waals surface area contributed by atoms with Gasteiger partial charge in [-0.25, -0.2) is 5.11 Å². The van der Waals surface area contributed by atoms with Crippen molar-refractivity contribution in [2.75, 3.05) is 6.61 Å². The average Bonchev–Trinajstić information content (AvgIpc) is 2.46. The highest BCUT2D eigenvalue weighted by Crippen LogP contribution is 2.15. The Balaban J connectivity index is 2.09. The zero-order chi connectivity index (χ0) is 13.8. The van der Waals surface area contributed by atoms with Gasteiger partial charge in [0, 0.05) is 0 Å². The molecule has 0 aliphatic carbocycles. The minimum atomic E-state index is -0.168. The molecule has 0 fully saturated rings. The molecular weight excluding hydrogens is 236 g/mol. The fourth-order valence-electron chi connectivity index (χ4n) is 2.20. The van der Waals surface area contributed by atoms with Crippen LogP contribution in [0.1, 0.15) is 58.3 Å². The van der Waals surface area contributed by atoms with Crippen LogP contribution in [-0.4, -0.2) is 12.7 Å². The molecule has 1 aromatic rings. The summed E-state index contributed by atoms with van der Waals surface area (Å²) in [5, 5.41) is 11.1. The number of ether oxygens (including phenoxy) is 1. The molecule has 0 heterocycles. The first-order valence-corrected chi connectivity index (χ1v) is 7.66. The largest absolute Gasteiger partial charge is 0.488 e. The lowest BCUT2D eigenvalue weighted by molar-refractivity contribution is 0.0649. The average molecular weight is 263 g/mol. The molecule has 0 aliphatic heterocycles. The van der Waals surface area contributed by atoms with Crippen molar-refractivity contribution in [3.05, 3.63) is 30.3 Å². The van der Waals surface area contributed by atoms with Gasteiger partial charge in [0.2, 0.25) is 0 Å². The summed E-state index contributed by atoms with van der Waals surface area (Å²) < 4.78 is 5.70. The maximum absolute atomic E-state index is 11.1. The van der Waals surface area contributed by atoms with Gasteiger partial charge in [-0.15, -0.1) is 0 Å². The van der Waals surface area contributed by atoms with E-state index < -0.39 is 0 Å². The zero-order valence-electron chi connectivity index (χ0n) is 12.1. The van der Waals surface area contributed by atoms with Gasteiger partial charge in [-0.05, 0) is 25.0 Å². The molecular formula is C17H27O2. The van der Waals surface area contributed by atoms with Crippen LogP contribution in [0.4, 0.5) is 0 Å². The van der Waals surface area contributed by atoms with E-state index in [0.29, 0.717) is 0 Å². The van der Waals surface area contributed by atoms with E-state index in [9.17, 15) is 5.11 Å². The molecule has 0 aromatic heterocycles. The first-order chi connectivity index (χ1) is 9.36. The van der Waals surface area contributed by atoms with Crippen LogP contribution in [0.25, 0.3) is 0 Å².